The third-order valence-corrected chi connectivity index (χ3v) is 6.48. The lowest BCUT2D eigenvalue weighted by Crippen LogP contribution is -2.41. The number of carbonyl (C=O) groups excluding carboxylic acids is 1. The van der Waals surface area contributed by atoms with Crippen LogP contribution in [-0.4, -0.2) is 38.1 Å². The van der Waals surface area contributed by atoms with Crippen molar-refractivity contribution in [3.8, 4) is 0 Å². The van der Waals surface area contributed by atoms with Gasteiger partial charge >= 0.3 is 0 Å². The van der Waals surface area contributed by atoms with Crippen LogP contribution in [0.4, 0.5) is 0 Å². The highest BCUT2D eigenvalue weighted by atomic mass is 16.2. The van der Waals surface area contributed by atoms with Crippen LogP contribution >= 0.6 is 0 Å². The molecule has 4 rings (SSSR count). The molecule has 0 saturated carbocycles. The van der Waals surface area contributed by atoms with Crippen LogP contribution in [0, 0.1) is 5.41 Å². The molecule has 4 nitrogen and oxygen atoms in total. The fourth-order valence-corrected chi connectivity index (χ4v) is 4.80. The predicted molar refractivity (Wildman–Crippen MR) is 113 cm³/mol. The summed E-state index contributed by atoms with van der Waals surface area (Å²) in [6.45, 7) is 3.82. The van der Waals surface area contributed by atoms with Crippen LogP contribution in [-0.2, 0) is 4.79 Å². The summed E-state index contributed by atoms with van der Waals surface area (Å²) in [5.74, 6) is 0.463. The second kappa shape index (κ2) is 8.89. The maximum absolute atomic E-state index is 12.7. The fourth-order valence-electron chi connectivity index (χ4n) is 4.80. The van der Waals surface area contributed by atoms with Crippen molar-refractivity contribution in [2.24, 2.45) is 5.41 Å². The van der Waals surface area contributed by atoms with Gasteiger partial charge in [-0.25, -0.2) is 0 Å². The van der Waals surface area contributed by atoms with Crippen LogP contribution in [0.2, 0.25) is 0 Å². The highest BCUT2D eigenvalue weighted by Crippen LogP contribution is 2.37. The minimum absolute atomic E-state index is 0.0370. The van der Waals surface area contributed by atoms with Crippen LogP contribution in [0.3, 0.4) is 0 Å². The molecule has 4 heteroatoms. The standard InChI is InChI=1S/C24H31N3O/c28-23(22-17-24(18-27-22)12-15-25-16-13-24)26-14-11-21(19-7-3-1-4-8-19)20-9-5-2-6-10-20/h1-10,21-22,25,27H,11-18H2,(H,26,28). The number of hydrogen-bond acceptors (Lipinski definition) is 3. The lowest BCUT2D eigenvalue weighted by atomic mass is 9.77. The van der Waals surface area contributed by atoms with E-state index in [2.05, 4.69) is 76.6 Å². The molecular formula is C24H31N3O. The largest absolute Gasteiger partial charge is 0.355 e. The molecule has 1 amide bonds. The molecule has 1 unspecified atom stereocenters. The molecule has 2 aliphatic heterocycles. The Hall–Kier alpha value is -2.17. The van der Waals surface area contributed by atoms with E-state index in [1.807, 2.05) is 0 Å². The van der Waals surface area contributed by atoms with Gasteiger partial charge in [-0.05, 0) is 55.3 Å². The molecule has 2 fully saturated rings. The van der Waals surface area contributed by atoms with Gasteiger partial charge in [-0.15, -0.1) is 0 Å². The van der Waals surface area contributed by atoms with Crippen LogP contribution < -0.4 is 16.0 Å². The van der Waals surface area contributed by atoms with Gasteiger partial charge in [0, 0.05) is 19.0 Å². The Morgan fingerprint density at radius 1 is 1.00 bits per heavy atom. The number of nitrogens with one attached hydrogen (secondary N) is 3. The zero-order valence-electron chi connectivity index (χ0n) is 16.5. The Labute approximate surface area is 168 Å². The summed E-state index contributed by atoms with van der Waals surface area (Å²) < 4.78 is 0. The lowest BCUT2D eigenvalue weighted by molar-refractivity contribution is -0.123. The molecule has 2 aliphatic rings. The average molecular weight is 378 g/mol. The van der Waals surface area contributed by atoms with Crippen molar-refractivity contribution in [1.82, 2.24) is 16.0 Å². The summed E-state index contributed by atoms with van der Waals surface area (Å²) >= 11 is 0. The molecule has 2 aromatic carbocycles. The molecule has 1 spiro atoms. The van der Waals surface area contributed by atoms with Crippen molar-refractivity contribution in [2.75, 3.05) is 26.2 Å². The molecule has 148 valence electrons. The molecule has 0 aliphatic carbocycles. The molecular weight excluding hydrogens is 346 g/mol. The molecule has 0 radical (unpaired) electrons. The third kappa shape index (κ3) is 4.45. The van der Waals surface area contributed by atoms with E-state index in [0.717, 1.165) is 32.5 Å². The summed E-state index contributed by atoms with van der Waals surface area (Å²) in [6.07, 6.45) is 4.23. The van der Waals surface area contributed by atoms with Gasteiger partial charge in [0.15, 0.2) is 0 Å². The maximum atomic E-state index is 12.7. The topological polar surface area (TPSA) is 53.2 Å². The van der Waals surface area contributed by atoms with Crippen molar-refractivity contribution in [3.05, 3.63) is 71.8 Å². The first-order valence-corrected chi connectivity index (χ1v) is 10.6. The minimum Gasteiger partial charge on any atom is -0.355 e. The third-order valence-electron chi connectivity index (χ3n) is 6.48. The monoisotopic (exact) mass is 377 g/mol. The van der Waals surface area contributed by atoms with Gasteiger partial charge in [0.05, 0.1) is 6.04 Å². The molecule has 0 bridgehead atoms. The first kappa shape index (κ1) is 19.2. The Balaban J connectivity index is 1.34. The first-order valence-electron chi connectivity index (χ1n) is 10.6. The number of piperidine rings is 1. The van der Waals surface area contributed by atoms with Crippen LogP contribution in [0.5, 0.6) is 0 Å². The Kier molecular flexibility index (Phi) is 6.08. The maximum Gasteiger partial charge on any atom is 0.237 e. The van der Waals surface area contributed by atoms with Gasteiger partial charge in [0.2, 0.25) is 5.91 Å². The predicted octanol–water partition coefficient (Wildman–Crippen LogP) is 3.06. The first-order chi connectivity index (χ1) is 13.8. The van der Waals surface area contributed by atoms with E-state index in [1.165, 1.54) is 24.0 Å². The fraction of sp³-hybridized carbons (Fsp3) is 0.458. The molecule has 3 N–H and O–H groups in total. The number of carbonyl (C=O) groups is 1. The Morgan fingerprint density at radius 2 is 1.61 bits per heavy atom. The smallest absolute Gasteiger partial charge is 0.237 e. The van der Waals surface area contributed by atoms with Crippen molar-refractivity contribution in [3.63, 3.8) is 0 Å². The number of rotatable bonds is 6. The normalized spacial score (nSPS) is 21.1. The summed E-state index contributed by atoms with van der Waals surface area (Å²) in [6, 6.07) is 21.1. The van der Waals surface area contributed by atoms with Gasteiger partial charge in [-0.1, -0.05) is 60.7 Å². The van der Waals surface area contributed by atoms with Gasteiger partial charge in [-0.2, -0.15) is 0 Å². The quantitative estimate of drug-likeness (QED) is 0.725. The van der Waals surface area contributed by atoms with E-state index in [4.69, 9.17) is 0 Å². The Bertz CT molecular complexity index is 716. The molecule has 2 aromatic rings. The van der Waals surface area contributed by atoms with E-state index in [1.54, 1.807) is 0 Å². The zero-order chi connectivity index (χ0) is 19.2. The van der Waals surface area contributed by atoms with Gasteiger partial charge in [0.1, 0.15) is 0 Å². The summed E-state index contributed by atoms with van der Waals surface area (Å²) in [7, 11) is 0. The van der Waals surface area contributed by atoms with Gasteiger partial charge < -0.3 is 16.0 Å². The Morgan fingerprint density at radius 3 is 2.21 bits per heavy atom. The number of benzene rings is 2. The van der Waals surface area contributed by atoms with Gasteiger partial charge in [-0.3, -0.25) is 4.79 Å². The van der Waals surface area contributed by atoms with Crippen LogP contribution in [0.1, 0.15) is 42.7 Å². The van der Waals surface area contributed by atoms with Crippen molar-refractivity contribution in [2.45, 2.75) is 37.6 Å². The number of hydrogen-bond donors (Lipinski definition) is 3. The summed E-state index contributed by atoms with van der Waals surface area (Å²) in [4.78, 5) is 12.7. The van der Waals surface area contributed by atoms with E-state index >= 15 is 0 Å². The van der Waals surface area contributed by atoms with E-state index in [9.17, 15) is 4.79 Å². The summed E-state index contributed by atoms with van der Waals surface area (Å²) in [5.41, 5.74) is 2.93. The van der Waals surface area contributed by atoms with E-state index in [-0.39, 0.29) is 11.9 Å². The van der Waals surface area contributed by atoms with E-state index < -0.39 is 0 Å². The second-order valence-corrected chi connectivity index (χ2v) is 8.34. The minimum atomic E-state index is -0.0370. The summed E-state index contributed by atoms with van der Waals surface area (Å²) in [5, 5.41) is 10.1. The van der Waals surface area contributed by atoms with Gasteiger partial charge in [0.25, 0.3) is 0 Å². The van der Waals surface area contributed by atoms with Crippen molar-refractivity contribution >= 4 is 5.91 Å². The van der Waals surface area contributed by atoms with Crippen molar-refractivity contribution < 1.29 is 4.79 Å². The second-order valence-electron chi connectivity index (χ2n) is 8.34. The molecule has 0 aromatic heterocycles. The SMILES string of the molecule is O=C(NCCC(c1ccccc1)c1ccccc1)C1CC2(CCNCC2)CN1. The lowest BCUT2D eigenvalue weighted by Gasteiger charge is -2.33. The highest BCUT2D eigenvalue weighted by molar-refractivity contribution is 5.82. The van der Waals surface area contributed by atoms with Crippen LogP contribution in [0.25, 0.3) is 0 Å². The molecule has 2 saturated heterocycles. The van der Waals surface area contributed by atoms with Crippen LogP contribution in [0.15, 0.2) is 60.7 Å². The average Bonchev–Trinajstić information content (AvgIpc) is 3.16. The highest BCUT2D eigenvalue weighted by Gasteiger charge is 2.41. The molecule has 28 heavy (non-hydrogen) atoms. The van der Waals surface area contributed by atoms with E-state index in [0.29, 0.717) is 17.9 Å². The molecule has 1 atom stereocenters. The van der Waals surface area contributed by atoms with Crippen molar-refractivity contribution in [1.29, 1.82) is 0 Å². The molecule has 2 heterocycles. The zero-order valence-corrected chi connectivity index (χ0v) is 16.5. The number of amides is 1.